The van der Waals surface area contributed by atoms with E-state index in [0.29, 0.717) is 23.6 Å². The minimum atomic E-state index is -0.682. The monoisotopic (exact) mass is 477 g/mol. The molecule has 5 heteroatoms. The molecule has 1 aromatic heterocycles. The van der Waals surface area contributed by atoms with Gasteiger partial charge in [0, 0.05) is 5.56 Å². The van der Waals surface area contributed by atoms with Gasteiger partial charge in [-0.3, -0.25) is 0 Å². The zero-order valence-electron chi connectivity index (χ0n) is 20.6. The average Bonchev–Trinajstić information content (AvgIpc) is 3.27. The van der Waals surface area contributed by atoms with Gasteiger partial charge < -0.3 is 9.15 Å². The molecule has 4 aromatic rings. The molecule has 0 atom stereocenters. The maximum absolute atomic E-state index is 14.6. The Morgan fingerprint density at radius 3 is 2.06 bits per heavy atom. The van der Waals surface area contributed by atoms with Gasteiger partial charge in [-0.05, 0) is 66.4 Å². The first-order valence-electron chi connectivity index (χ1n) is 12.6. The third kappa shape index (κ3) is 6.47. The predicted octanol–water partition coefficient (Wildman–Crippen LogP) is 9.27. The number of hydrogen-bond donors (Lipinski definition) is 0. The Morgan fingerprint density at radius 2 is 1.37 bits per heavy atom. The summed E-state index contributed by atoms with van der Waals surface area (Å²) in [6.45, 7) is 4.54. The normalized spacial score (nSPS) is 11.3. The lowest BCUT2D eigenvalue weighted by atomic mass is 10.0. The van der Waals surface area contributed by atoms with E-state index in [1.165, 1.54) is 44.2 Å². The maximum Gasteiger partial charge on any atom is 0.227 e. The van der Waals surface area contributed by atoms with Crippen LogP contribution in [0, 0.1) is 18.6 Å². The summed E-state index contributed by atoms with van der Waals surface area (Å²) < 4.78 is 40.6. The molecule has 0 radical (unpaired) electrons. The highest BCUT2D eigenvalue weighted by Crippen LogP contribution is 2.31. The van der Waals surface area contributed by atoms with Crippen molar-refractivity contribution in [2.24, 2.45) is 0 Å². The van der Waals surface area contributed by atoms with Crippen molar-refractivity contribution in [1.82, 2.24) is 4.98 Å². The predicted molar refractivity (Wildman–Crippen MR) is 138 cm³/mol. The van der Waals surface area contributed by atoms with Gasteiger partial charge in [-0.2, -0.15) is 0 Å². The highest BCUT2D eigenvalue weighted by Gasteiger charge is 2.14. The third-order valence-corrected chi connectivity index (χ3v) is 6.25. The van der Waals surface area contributed by atoms with Gasteiger partial charge in [0.2, 0.25) is 5.89 Å². The van der Waals surface area contributed by atoms with E-state index in [4.69, 9.17) is 9.15 Å². The number of fused-ring (bicyclic) bond motifs is 1. The molecule has 3 aromatic carbocycles. The van der Waals surface area contributed by atoms with Crippen molar-refractivity contribution < 1.29 is 17.9 Å². The fourth-order valence-corrected chi connectivity index (χ4v) is 4.24. The number of aromatic nitrogens is 1. The second-order valence-corrected chi connectivity index (χ2v) is 9.16. The van der Waals surface area contributed by atoms with Crippen LogP contribution in [0.1, 0.15) is 63.9 Å². The van der Waals surface area contributed by atoms with Crippen LogP contribution in [0.25, 0.3) is 33.7 Å². The van der Waals surface area contributed by atoms with Crippen LogP contribution >= 0.6 is 0 Å². The van der Waals surface area contributed by atoms with Crippen LogP contribution in [0.4, 0.5) is 8.78 Å². The summed E-state index contributed by atoms with van der Waals surface area (Å²) in [6.07, 6.45) is 9.24. The van der Waals surface area contributed by atoms with Gasteiger partial charge >= 0.3 is 0 Å². The summed E-state index contributed by atoms with van der Waals surface area (Å²) >= 11 is 0. The molecule has 35 heavy (non-hydrogen) atoms. The molecule has 184 valence electrons. The zero-order valence-corrected chi connectivity index (χ0v) is 20.6. The van der Waals surface area contributed by atoms with E-state index < -0.39 is 11.6 Å². The summed E-state index contributed by atoms with van der Waals surface area (Å²) in [5.41, 5.74) is 4.60. The van der Waals surface area contributed by atoms with E-state index >= 15 is 0 Å². The summed E-state index contributed by atoms with van der Waals surface area (Å²) in [7, 11) is 0. The molecule has 0 spiro atoms. The minimum Gasteiger partial charge on any atom is -0.488 e. The van der Waals surface area contributed by atoms with Crippen LogP contribution < -0.4 is 4.74 Å². The summed E-state index contributed by atoms with van der Waals surface area (Å²) in [5.74, 6) is -1.15. The van der Waals surface area contributed by atoms with Crippen molar-refractivity contribution in [3.8, 4) is 28.3 Å². The molecule has 0 unspecified atom stereocenters. The Bertz CT molecular complexity index is 1220. The Morgan fingerprint density at radius 1 is 0.743 bits per heavy atom. The van der Waals surface area contributed by atoms with Gasteiger partial charge in [-0.1, -0.05) is 70.1 Å². The van der Waals surface area contributed by atoms with E-state index in [1.807, 2.05) is 49.4 Å². The molecule has 1 heterocycles. The molecule has 3 nitrogen and oxygen atoms in total. The number of ether oxygens (including phenoxy) is 1. The number of oxazole rings is 1. The quantitative estimate of drug-likeness (QED) is 0.191. The molecule has 0 N–H and O–H groups in total. The first-order valence-corrected chi connectivity index (χ1v) is 12.6. The van der Waals surface area contributed by atoms with E-state index in [0.717, 1.165) is 41.5 Å². The van der Waals surface area contributed by atoms with Gasteiger partial charge in [-0.25, -0.2) is 13.8 Å². The van der Waals surface area contributed by atoms with E-state index in [-0.39, 0.29) is 5.75 Å². The summed E-state index contributed by atoms with van der Waals surface area (Å²) in [4.78, 5) is 4.55. The number of benzene rings is 3. The molecule has 0 saturated carbocycles. The minimum absolute atomic E-state index is 0.296. The van der Waals surface area contributed by atoms with Crippen LogP contribution in [-0.2, 0) is 0 Å². The van der Waals surface area contributed by atoms with E-state index in [2.05, 4.69) is 11.9 Å². The lowest BCUT2D eigenvalue weighted by molar-refractivity contribution is 0.275. The van der Waals surface area contributed by atoms with Crippen LogP contribution in [0.2, 0.25) is 0 Å². The number of unbranched alkanes of at least 4 members (excludes halogenated alkanes) is 7. The van der Waals surface area contributed by atoms with Crippen molar-refractivity contribution in [1.29, 1.82) is 0 Å². The van der Waals surface area contributed by atoms with E-state index in [9.17, 15) is 8.78 Å². The fraction of sp³-hybridized carbons (Fsp3) is 0.367. The van der Waals surface area contributed by atoms with Crippen molar-refractivity contribution in [3.05, 3.63) is 71.8 Å². The lowest BCUT2D eigenvalue weighted by Crippen LogP contribution is -2.02. The molecule has 0 aliphatic rings. The molecule has 0 fully saturated rings. The second-order valence-electron chi connectivity index (χ2n) is 9.16. The van der Waals surface area contributed by atoms with Gasteiger partial charge in [0.1, 0.15) is 5.52 Å². The van der Waals surface area contributed by atoms with Crippen molar-refractivity contribution in [2.45, 2.75) is 65.2 Å². The van der Waals surface area contributed by atoms with Crippen molar-refractivity contribution >= 4 is 11.1 Å². The maximum atomic E-state index is 14.6. The average molecular weight is 478 g/mol. The van der Waals surface area contributed by atoms with Gasteiger partial charge in [-0.15, -0.1) is 0 Å². The fourth-order valence-electron chi connectivity index (χ4n) is 4.24. The standard InChI is InChI=1S/C30H33F2NO2/c1-3-4-5-6-7-8-9-10-17-34-29-25(31)19-24(20-26(29)32)22-12-14-23(15-13-22)30-33-27-18-21(2)11-16-28(27)35-30/h11-16,18-20H,3-10,17H2,1-2H3. The number of nitrogens with zero attached hydrogens (tertiary/aromatic N) is 1. The molecular weight excluding hydrogens is 444 g/mol. The van der Waals surface area contributed by atoms with Crippen LogP contribution in [0.15, 0.2) is 59.0 Å². The topological polar surface area (TPSA) is 35.3 Å². The Labute approximate surface area is 206 Å². The number of hydrogen-bond acceptors (Lipinski definition) is 3. The highest BCUT2D eigenvalue weighted by molar-refractivity contribution is 5.77. The molecule has 0 amide bonds. The molecule has 4 rings (SSSR count). The molecule has 0 saturated heterocycles. The van der Waals surface area contributed by atoms with Gasteiger partial charge in [0.15, 0.2) is 23.0 Å². The van der Waals surface area contributed by atoms with Crippen LogP contribution in [-0.4, -0.2) is 11.6 Å². The van der Waals surface area contributed by atoms with Crippen LogP contribution in [0.3, 0.4) is 0 Å². The summed E-state index contributed by atoms with van der Waals surface area (Å²) in [6, 6.07) is 15.8. The number of aryl methyl sites for hydroxylation is 1. The molecule has 0 bridgehead atoms. The van der Waals surface area contributed by atoms with Gasteiger partial charge in [0.05, 0.1) is 6.61 Å². The Hall–Kier alpha value is -3.21. The SMILES string of the molecule is CCCCCCCCCCOc1c(F)cc(-c2ccc(-c3nc4cc(C)ccc4o3)cc2)cc1F. The first-order chi connectivity index (χ1) is 17.0. The number of rotatable bonds is 12. The third-order valence-electron chi connectivity index (χ3n) is 6.25. The second kappa shape index (κ2) is 12.0. The summed E-state index contributed by atoms with van der Waals surface area (Å²) in [5, 5.41) is 0. The first kappa shape index (κ1) is 24.9. The Kier molecular flexibility index (Phi) is 8.51. The Balaban J connectivity index is 1.35. The van der Waals surface area contributed by atoms with Gasteiger partial charge in [0.25, 0.3) is 0 Å². The zero-order chi connectivity index (χ0) is 24.6. The van der Waals surface area contributed by atoms with Crippen LogP contribution in [0.5, 0.6) is 5.75 Å². The van der Waals surface area contributed by atoms with Crippen molar-refractivity contribution in [3.63, 3.8) is 0 Å². The molecule has 0 aliphatic carbocycles. The smallest absolute Gasteiger partial charge is 0.227 e. The largest absolute Gasteiger partial charge is 0.488 e. The highest BCUT2D eigenvalue weighted by atomic mass is 19.1. The van der Waals surface area contributed by atoms with E-state index in [1.54, 1.807) is 0 Å². The van der Waals surface area contributed by atoms with Crippen molar-refractivity contribution in [2.75, 3.05) is 6.61 Å². The lowest BCUT2D eigenvalue weighted by Gasteiger charge is -2.11. The molecular formula is C30H33F2NO2. The molecule has 0 aliphatic heterocycles. The number of halogens is 2.